The van der Waals surface area contributed by atoms with Crippen LogP contribution in [0.3, 0.4) is 0 Å². The standard InChI is InChI=1S/C17H16F3NO3/c1-10-4-2-7-14(24-17(19)20)16(10)21-15(23)9-13(22)11-5-3-6-12(18)8-11/h2-8,13,17,22H,9H2,1H3,(H,21,23). The minimum Gasteiger partial charge on any atom is -0.433 e. The zero-order valence-corrected chi connectivity index (χ0v) is 12.8. The Hall–Kier alpha value is -2.54. The number of amides is 1. The molecule has 0 aliphatic carbocycles. The maximum atomic E-state index is 13.1. The Morgan fingerprint density at radius 2 is 1.96 bits per heavy atom. The smallest absolute Gasteiger partial charge is 0.387 e. The van der Waals surface area contributed by atoms with Crippen molar-refractivity contribution < 1.29 is 27.8 Å². The Balaban J connectivity index is 2.09. The van der Waals surface area contributed by atoms with E-state index >= 15 is 0 Å². The van der Waals surface area contributed by atoms with Gasteiger partial charge in [0.1, 0.15) is 11.6 Å². The van der Waals surface area contributed by atoms with E-state index in [1.165, 1.54) is 30.3 Å². The van der Waals surface area contributed by atoms with E-state index in [0.717, 1.165) is 6.07 Å². The first-order valence-corrected chi connectivity index (χ1v) is 7.14. The summed E-state index contributed by atoms with van der Waals surface area (Å²) in [5, 5.41) is 12.4. The summed E-state index contributed by atoms with van der Waals surface area (Å²) in [6.07, 6.45) is -1.57. The molecule has 0 bridgehead atoms. The molecule has 1 amide bonds. The van der Waals surface area contributed by atoms with Gasteiger partial charge in [0, 0.05) is 0 Å². The van der Waals surface area contributed by atoms with Crippen molar-refractivity contribution >= 4 is 11.6 Å². The number of para-hydroxylation sites is 1. The molecular weight excluding hydrogens is 323 g/mol. The molecule has 1 atom stereocenters. The zero-order valence-electron chi connectivity index (χ0n) is 12.8. The first kappa shape index (κ1) is 17.8. The van der Waals surface area contributed by atoms with Crippen molar-refractivity contribution in [2.24, 2.45) is 0 Å². The van der Waals surface area contributed by atoms with E-state index in [-0.39, 0.29) is 23.4 Å². The van der Waals surface area contributed by atoms with Crippen molar-refractivity contribution in [1.82, 2.24) is 0 Å². The van der Waals surface area contributed by atoms with Crippen molar-refractivity contribution in [3.8, 4) is 5.75 Å². The number of hydrogen-bond acceptors (Lipinski definition) is 3. The van der Waals surface area contributed by atoms with Crippen LogP contribution in [0.15, 0.2) is 42.5 Å². The van der Waals surface area contributed by atoms with Gasteiger partial charge >= 0.3 is 6.61 Å². The molecule has 24 heavy (non-hydrogen) atoms. The van der Waals surface area contributed by atoms with E-state index in [1.807, 2.05) is 0 Å². The lowest BCUT2D eigenvalue weighted by atomic mass is 10.1. The van der Waals surface area contributed by atoms with Crippen LogP contribution in [0.2, 0.25) is 0 Å². The van der Waals surface area contributed by atoms with Crippen LogP contribution in [0.25, 0.3) is 0 Å². The fraction of sp³-hybridized carbons (Fsp3) is 0.235. The minimum atomic E-state index is -3.03. The van der Waals surface area contributed by atoms with E-state index in [9.17, 15) is 23.1 Å². The third-order valence-electron chi connectivity index (χ3n) is 3.33. The van der Waals surface area contributed by atoms with E-state index in [2.05, 4.69) is 10.1 Å². The maximum Gasteiger partial charge on any atom is 0.387 e. The molecule has 2 rings (SSSR count). The number of aliphatic hydroxyl groups excluding tert-OH is 1. The van der Waals surface area contributed by atoms with Gasteiger partial charge in [0.15, 0.2) is 0 Å². The number of nitrogens with one attached hydrogen (secondary N) is 1. The summed E-state index contributed by atoms with van der Waals surface area (Å²) in [6, 6.07) is 9.69. The number of carbonyl (C=O) groups is 1. The molecule has 0 saturated heterocycles. The highest BCUT2D eigenvalue weighted by Crippen LogP contribution is 2.30. The maximum absolute atomic E-state index is 13.1. The quantitative estimate of drug-likeness (QED) is 0.842. The van der Waals surface area contributed by atoms with Crippen LogP contribution in [-0.4, -0.2) is 17.6 Å². The summed E-state index contributed by atoms with van der Waals surface area (Å²) in [6.45, 7) is -1.41. The lowest BCUT2D eigenvalue weighted by Gasteiger charge is -2.16. The van der Waals surface area contributed by atoms with E-state index < -0.39 is 24.4 Å². The second kappa shape index (κ2) is 7.83. The van der Waals surface area contributed by atoms with Crippen molar-refractivity contribution in [3.05, 3.63) is 59.4 Å². The molecule has 2 aromatic carbocycles. The number of aryl methyl sites for hydroxylation is 1. The lowest BCUT2D eigenvalue weighted by Crippen LogP contribution is -2.17. The van der Waals surface area contributed by atoms with Gasteiger partial charge in [0.25, 0.3) is 0 Å². The first-order valence-electron chi connectivity index (χ1n) is 7.14. The lowest BCUT2D eigenvalue weighted by molar-refractivity contribution is -0.118. The van der Waals surface area contributed by atoms with E-state index in [0.29, 0.717) is 5.56 Å². The van der Waals surface area contributed by atoms with Crippen LogP contribution in [0.1, 0.15) is 23.7 Å². The fourth-order valence-corrected chi connectivity index (χ4v) is 2.19. The third kappa shape index (κ3) is 4.73. The molecule has 0 aliphatic heterocycles. The average Bonchev–Trinajstić information content (AvgIpc) is 2.50. The van der Waals surface area contributed by atoms with Gasteiger partial charge in [-0.15, -0.1) is 0 Å². The molecular formula is C17H16F3NO3. The predicted molar refractivity (Wildman–Crippen MR) is 82.4 cm³/mol. The summed E-state index contributed by atoms with van der Waals surface area (Å²) in [5.41, 5.74) is 0.884. The monoisotopic (exact) mass is 339 g/mol. The molecule has 0 spiro atoms. The van der Waals surface area contributed by atoms with Gasteiger partial charge in [-0.2, -0.15) is 8.78 Å². The molecule has 4 nitrogen and oxygen atoms in total. The summed E-state index contributed by atoms with van der Waals surface area (Å²) in [7, 11) is 0. The predicted octanol–water partition coefficient (Wildman–Crippen LogP) is 3.80. The summed E-state index contributed by atoms with van der Waals surface area (Å²) in [5.74, 6) is -1.31. The van der Waals surface area contributed by atoms with Crippen LogP contribution in [-0.2, 0) is 4.79 Å². The summed E-state index contributed by atoms with van der Waals surface area (Å²) in [4.78, 5) is 12.1. The number of halogens is 3. The molecule has 2 aromatic rings. The topological polar surface area (TPSA) is 58.6 Å². The van der Waals surface area contributed by atoms with Crippen LogP contribution in [0.5, 0.6) is 5.75 Å². The number of aliphatic hydroxyl groups is 1. The molecule has 0 fully saturated rings. The Morgan fingerprint density at radius 3 is 2.62 bits per heavy atom. The van der Waals surface area contributed by atoms with Crippen molar-refractivity contribution in [3.63, 3.8) is 0 Å². The number of carbonyl (C=O) groups excluding carboxylic acids is 1. The first-order chi connectivity index (χ1) is 11.4. The highest BCUT2D eigenvalue weighted by molar-refractivity contribution is 5.93. The van der Waals surface area contributed by atoms with Gasteiger partial charge in [-0.25, -0.2) is 4.39 Å². The number of alkyl halides is 2. The fourth-order valence-electron chi connectivity index (χ4n) is 2.19. The van der Waals surface area contributed by atoms with Gasteiger partial charge in [-0.3, -0.25) is 4.79 Å². The zero-order chi connectivity index (χ0) is 17.7. The Labute approximate surface area is 136 Å². The molecule has 0 aromatic heterocycles. The van der Waals surface area contributed by atoms with E-state index in [4.69, 9.17) is 0 Å². The Morgan fingerprint density at radius 1 is 1.25 bits per heavy atom. The van der Waals surface area contributed by atoms with Crippen LogP contribution < -0.4 is 10.1 Å². The van der Waals surface area contributed by atoms with Crippen LogP contribution >= 0.6 is 0 Å². The van der Waals surface area contributed by atoms with E-state index in [1.54, 1.807) is 13.0 Å². The average molecular weight is 339 g/mol. The summed E-state index contributed by atoms with van der Waals surface area (Å²) >= 11 is 0. The largest absolute Gasteiger partial charge is 0.433 e. The SMILES string of the molecule is Cc1cccc(OC(F)F)c1NC(=O)CC(O)c1cccc(F)c1. The normalized spacial score (nSPS) is 12.1. The minimum absolute atomic E-state index is 0.106. The van der Waals surface area contributed by atoms with Gasteiger partial charge in [0.2, 0.25) is 5.91 Å². The van der Waals surface area contributed by atoms with Gasteiger partial charge < -0.3 is 15.2 Å². The van der Waals surface area contributed by atoms with Crippen LogP contribution in [0, 0.1) is 12.7 Å². The number of benzene rings is 2. The highest BCUT2D eigenvalue weighted by Gasteiger charge is 2.17. The molecule has 128 valence electrons. The van der Waals surface area contributed by atoms with Gasteiger partial charge in [0.05, 0.1) is 18.2 Å². The van der Waals surface area contributed by atoms with Crippen LogP contribution in [0.4, 0.5) is 18.9 Å². The molecule has 1 unspecified atom stereocenters. The van der Waals surface area contributed by atoms with Gasteiger partial charge in [-0.1, -0.05) is 24.3 Å². The van der Waals surface area contributed by atoms with Crippen molar-refractivity contribution in [2.45, 2.75) is 26.1 Å². The number of hydrogen-bond donors (Lipinski definition) is 2. The second-order valence-corrected chi connectivity index (χ2v) is 5.15. The Bertz CT molecular complexity index is 722. The van der Waals surface area contributed by atoms with Crippen molar-refractivity contribution in [2.75, 3.05) is 5.32 Å². The molecule has 2 N–H and O–H groups in total. The Kier molecular flexibility index (Phi) is 5.81. The second-order valence-electron chi connectivity index (χ2n) is 5.15. The molecule has 0 aliphatic rings. The van der Waals surface area contributed by atoms with Gasteiger partial charge in [-0.05, 0) is 36.2 Å². The molecule has 0 heterocycles. The number of rotatable bonds is 6. The number of anilines is 1. The number of ether oxygens (including phenoxy) is 1. The highest BCUT2D eigenvalue weighted by atomic mass is 19.3. The molecule has 0 saturated carbocycles. The molecule has 7 heteroatoms. The third-order valence-corrected chi connectivity index (χ3v) is 3.33. The molecule has 0 radical (unpaired) electrons. The van der Waals surface area contributed by atoms with Crippen molar-refractivity contribution in [1.29, 1.82) is 0 Å². The summed E-state index contributed by atoms with van der Waals surface area (Å²) < 4.78 is 42.4.